The van der Waals surface area contributed by atoms with Gasteiger partial charge in [-0.15, -0.1) is 11.8 Å². The van der Waals surface area contributed by atoms with Crippen molar-refractivity contribution in [1.82, 2.24) is 5.32 Å². The van der Waals surface area contributed by atoms with E-state index in [1.54, 1.807) is 48.5 Å². The Labute approximate surface area is 265 Å². The van der Waals surface area contributed by atoms with Gasteiger partial charge >= 0.3 is 0 Å². The number of amides is 3. The molecule has 0 aromatic heterocycles. The second-order valence-corrected chi connectivity index (χ2v) is 12.0. The van der Waals surface area contributed by atoms with Gasteiger partial charge in [0.05, 0.1) is 5.25 Å². The minimum Gasteiger partial charge on any atom is -0.325 e. The summed E-state index contributed by atoms with van der Waals surface area (Å²) in [6, 6.07) is 35.0. The average molecular weight is 620 g/mol. The largest absolute Gasteiger partial charge is 0.325 e. The first-order valence-corrected chi connectivity index (χ1v) is 15.2. The lowest BCUT2D eigenvalue weighted by Crippen LogP contribution is -2.30. The predicted octanol–water partition coefficient (Wildman–Crippen LogP) is 8.33. The molecular weight excluding hydrogens is 590 g/mol. The normalized spacial score (nSPS) is 11.9. The number of benzene rings is 5. The van der Waals surface area contributed by atoms with Crippen LogP contribution in [-0.4, -0.2) is 23.0 Å². The fourth-order valence-corrected chi connectivity index (χ4v) is 5.51. The maximum absolute atomic E-state index is 13.5. The highest BCUT2D eigenvalue weighted by atomic mass is 35.5. The monoisotopic (exact) mass is 619 g/mol. The summed E-state index contributed by atoms with van der Waals surface area (Å²) in [5.74, 6) is -1.00. The zero-order chi connectivity index (χ0) is 31.1. The van der Waals surface area contributed by atoms with Gasteiger partial charge in [0, 0.05) is 26.9 Å². The molecule has 3 N–H and O–H groups in total. The molecular formula is C36H30ClN3O3S. The van der Waals surface area contributed by atoms with Gasteiger partial charge in [-0.3, -0.25) is 14.4 Å². The van der Waals surface area contributed by atoms with E-state index in [4.69, 9.17) is 11.6 Å². The van der Waals surface area contributed by atoms with Gasteiger partial charge in [-0.05, 0) is 90.4 Å². The molecule has 5 rings (SSSR count). The fraction of sp³-hybridized carbons (Fsp3) is 0.0833. The number of fused-ring (bicyclic) bond motifs is 1. The first-order valence-electron chi connectivity index (χ1n) is 14.0. The molecule has 3 amide bonds. The molecule has 0 heterocycles. The van der Waals surface area contributed by atoms with Gasteiger partial charge in [0.15, 0.2) is 0 Å². The molecule has 44 heavy (non-hydrogen) atoms. The summed E-state index contributed by atoms with van der Waals surface area (Å²) in [6.07, 6.45) is 1.68. The van der Waals surface area contributed by atoms with E-state index in [1.807, 2.05) is 86.6 Å². The van der Waals surface area contributed by atoms with Crippen molar-refractivity contribution in [2.24, 2.45) is 0 Å². The maximum atomic E-state index is 13.5. The number of halogens is 1. The molecule has 8 heteroatoms. The third-order valence-corrected chi connectivity index (χ3v) is 8.40. The Kier molecular flexibility index (Phi) is 9.79. The summed E-state index contributed by atoms with van der Waals surface area (Å²) >= 11 is 7.58. The summed E-state index contributed by atoms with van der Waals surface area (Å²) in [4.78, 5) is 40.2. The van der Waals surface area contributed by atoms with Gasteiger partial charge in [-0.25, -0.2) is 0 Å². The molecule has 0 spiro atoms. The molecule has 0 bridgehead atoms. The molecule has 0 radical (unpaired) electrons. The van der Waals surface area contributed by atoms with Crippen molar-refractivity contribution in [3.8, 4) is 0 Å². The molecule has 5 aromatic carbocycles. The van der Waals surface area contributed by atoms with Crippen LogP contribution in [0, 0.1) is 6.92 Å². The Bertz CT molecular complexity index is 1850. The van der Waals surface area contributed by atoms with E-state index >= 15 is 0 Å². The van der Waals surface area contributed by atoms with Crippen molar-refractivity contribution in [3.63, 3.8) is 0 Å². The first kappa shape index (κ1) is 30.6. The molecule has 6 nitrogen and oxygen atoms in total. The summed E-state index contributed by atoms with van der Waals surface area (Å²) in [7, 11) is 0. The van der Waals surface area contributed by atoms with Gasteiger partial charge in [-0.2, -0.15) is 0 Å². The van der Waals surface area contributed by atoms with Crippen molar-refractivity contribution in [1.29, 1.82) is 0 Å². The number of carbonyl (C=O) groups excluding carboxylic acids is 3. The van der Waals surface area contributed by atoms with Crippen LogP contribution in [0.5, 0.6) is 0 Å². The molecule has 0 saturated carbocycles. The summed E-state index contributed by atoms with van der Waals surface area (Å²) < 4.78 is 0. The molecule has 0 aliphatic heterocycles. The minimum atomic E-state index is -0.466. The summed E-state index contributed by atoms with van der Waals surface area (Å²) in [5, 5.41) is 10.8. The Morgan fingerprint density at radius 1 is 0.773 bits per heavy atom. The second kappa shape index (κ2) is 14.1. The van der Waals surface area contributed by atoms with Crippen LogP contribution in [0.15, 0.2) is 126 Å². The van der Waals surface area contributed by atoms with Crippen molar-refractivity contribution >= 4 is 69.3 Å². The van der Waals surface area contributed by atoms with Gasteiger partial charge < -0.3 is 16.0 Å². The molecule has 220 valence electrons. The van der Waals surface area contributed by atoms with E-state index in [2.05, 4.69) is 16.0 Å². The Hall–Kier alpha value is -4.85. The van der Waals surface area contributed by atoms with Gasteiger partial charge in [0.25, 0.3) is 11.8 Å². The number of thioether (sulfide) groups is 1. The average Bonchev–Trinajstić information content (AvgIpc) is 3.04. The zero-order valence-corrected chi connectivity index (χ0v) is 25.7. The predicted molar refractivity (Wildman–Crippen MR) is 181 cm³/mol. The van der Waals surface area contributed by atoms with Crippen LogP contribution >= 0.6 is 23.4 Å². The molecule has 5 aromatic rings. The number of nitrogens with one attached hydrogen (secondary N) is 3. The minimum absolute atomic E-state index is 0.107. The SMILES string of the molecule is Cc1ccc(NC(=O)C(C)Sc2ccc(NC(=O)/C(=C/c3cccc4ccccc34)NC(=O)c3ccccc3)cc2)cc1Cl. The molecule has 0 saturated heterocycles. The van der Waals surface area contributed by atoms with Crippen molar-refractivity contribution in [2.75, 3.05) is 10.6 Å². The quantitative estimate of drug-likeness (QED) is 0.114. The lowest BCUT2D eigenvalue weighted by Gasteiger charge is -2.14. The van der Waals surface area contributed by atoms with E-state index in [1.165, 1.54) is 11.8 Å². The summed E-state index contributed by atoms with van der Waals surface area (Å²) in [6.45, 7) is 3.73. The van der Waals surface area contributed by atoms with Gasteiger partial charge in [0.1, 0.15) is 5.70 Å². The van der Waals surface area contributed by atoms with E-state index in [0.29, 0.717) is 22.0 Å². The number of carbonyl (C=O) groups is 3. The Morgan fingerprint density at radius 2 is 1.45 bits per heavy atom. The Morgan fingerprint density at radius 3 is 2.20 bits per heavy atom. The van der Waals surface area contributed by atoms with Crippen LogP contribution in [0.2, 0.25) is 5.02 Å². The number of rotatable bonds is 9. The van der Waals surface area contributed by atoms with Crippen molar-refractivity contribution in [2.45, 2.75) is 24.0 Å². The highest BCUT2D eigenvalue weighted by molar-refractivity contribution is 8.00. The lowest BCUT2D eigenvalue weighted by atomic mass is 10.0. The number of hydrogen-bond acceptors (Lipinski definition) is 4. The zero-order valence-electron chi connectivity index (χ0n) is 24.1. The van der Waals surface area contributed by atoms with Crippen LogP contribution in [0.3, 0.4) is 0 Å². The Balaban J connectivity index is 1.30. The highest BCUT2D eigenvalue weighted by Gasteiger charge is 2.17. The standard InChI is InChI=1S/C36H30ClN3O3S/c1-23-15-16-29(22-32(23)37)39-34(41)24(2)44-30-19-17-28(18-20-30)38-36(43)33(40-35(42)26-10-4-3-5-11-26)21-27-13-8-12-25-9-6-7-14-31(25)27/h3-22,24H,1-2H3,(H,38,43)(H,39,41)(H,40,42)/b33-21-. The van der Waals surface area contributed by atoms with Crippen LogP contribution in [0.1, 0.15) is 28.4 Å². The van der Waals surface area contributed by atoms with E-state index < -0.39 is 5.91 Å². The number of aryl methyl sites for hydroxylation is 1. The van der Waals surface area contributed by atoms with Crippen LogP contribution < -0.4 is 16.0 Å². The number of anilines is 2. The maximum Gasteiger partial charge on any atom is 0.272 e. The highest BCUT2D eigenvalue weighted by Crippen LogP contribution is 2.27. The van der Waals surface area contributed by atoms with Gasteiger partial charge in [-0.1, -0.05) is 78.3 Å². The first-order chi connectivity index (χ1) is 21.3. The van der Waals surface area contributed by atoms with Crippen molar-refractivity contribution in [3.05, 3.63) is 143 Å². The third kappa shape index (κ3) is 7.75. The van der Waals surface area contributed by atoms with E-state index in [0.717, 1.165) is 26.8 Å². The lowest BCUT2D eigenvalue weighted by molar-refractivity contribution is -0.115. The topological polar surface area (TPSA) is 87.3 Å². The van der Waals surface area contributed by atoms with Crippen molar-refractivity contribution < 1.29 is 14.4 Å². The van der Waals surface area contributed by atoms with E-state index in [-0.39, 0.29) is 22.8 Å². The third-order valence-electron chi connectivity index (χ3n) is 6.89. The molecule has 0 aliphatic rings. The van der Waals surface area contributed by atoms with E-state index in [9.17, 15) is 14.4 Å². The second-order valence-electron chi connectivity index (χ2n) is 10.1. The summed E-state index contributed by atoms with van der Waals surface area (Å²) in [5.41, 5.74) is 3.47. The number of hydrogen-bond donors (Lipinski definition) is 3. The van der Waals surface area contributed by atoms with Crippen LogP contribution in [0.25, 0.3) is 16.8 Å². The van der Waals surface area contributed by atoms with Gasteiger partial charge in [0.2, 0.25) is 5.91 Å². The molecule has 0 aliphatic carbocycles. The molecule has 1 atom stereocenters. The molecule has 0 fully saturated rings. The molecule has 1 unspecified atom stereocenters. The fourth-order valence-electron chi connectivity index (χ4n) is 4.46. The van der Waals surface area contributed by atoms with Crippen LogP contribution in [0.4, 0.5) is 11.4 Å². The smallest absolute Gasteiger partial charge is 0.272 e. The van der Waals surface area contributed by atoms with Crippen LogP contribution in [-0.2, 0) is 9.59 Å².